The van der Waals surface area contributed by atoms with Gasteiger partial charge in [0.1, 0.15) is 23.7 Å². The fourth-order valence-corrected chi connectivity index (χ4v) is 6.61. The van der Waals surface area contributed by atoms with E-state index in [2.05, 4.69) is 21.3 Å². The Kier molecular flexibility index (Phi) is 10.7. The Morgan fingerprint density at radius 2 is 1.78 bits per heavy atom. The molecule has 0 radical (unpaired) electrons. The SMILES string of the molecule is CCOC(=O)C12CC1/C=C\CCCCC[C@@H](C(=O)N[C@H](C(=O)NC)C1CCCCC1)NC(=O)[C@H]1CCCN1C(=O)N2. The molecule has 2 aliphatic carbocycles. The second-order valence-corrected chi connectivity index (χ2v) is 11.9. The largest absolute Gasteiger partial charge is 0.464 e. The van der Waals surface area contributed by atoms with E-state index in [1.165, 1.54) is 4.90 Å². The fraction of sp³-hybridized carbons (Fsp3) is 0.767. The van der Waals surface area contributed by atoms with Crippen LogP contribution in [0.1, 0.15) is 90.4 Å². The molecular weight excluding hydrogens is 526 g/mol. The number of nitrogens with zero attached hydrogens (tertiary/aromatic N) is 1. The molecule has 0 aromatic carbocycles. The highest BCUT2D eigenvalue weighted by Gasteiger charge is 2.62. The van der Waals surface area contributed by atoms with Crippen LogP contribution in [-0.2, 0) is 23.9 Å². The number of urea groups is 1. The first-order valence-electron chi connectivity index (χ1n) is 15.6. The lowest BCUT2D eigenvalue weighted by molar-refractivity contribution is -0.147. The zero-order valence-electron chi connectivity index (χ0n) is 24.5. The van der Waals surface area contributed by atoms with Gasteiger partial charge in [0.05, 0.1) is 6.61 Å². The highest BCUT2D eigenvalue weighted by atomic mass is 16.5. The summed E-state index contributed by atoms with van der Waals surface area (Å²) < 4.78 is 5.29. The smallest absolute Gasteiger partial charge is 0.332 e. The molecule has 3 fully saturated rings. The van der Waals surface area contributed by atoms with Gasteiger partial charge in [-0.2, -0.15) is 0 Å². The van der Waals surface area contributed by atoms with Gasteiger partial charge in [0.2, 0.25) is 17.7 Å². The monoisotopic (exact) mass is 573 g/mol. The van der Waals surface area contributed by atoms with Crippen LogP contribution >= 0.6 is 0 Å². The van der Waals surface area contributed by atoms with Gasteiger partial charge in [0.25, 0.3) is 0 Å². The number of fused-ring (bicyclic) bond motifs is 2. The van der Waals surface area contributed by atoms with Gasteiger partial charge in [0, 0.05) is 19.5 Å². The Labute approximate surface area is 242 Å². The second kappa shape index (κ2) is 14.2. The molecule has 2 aliphatic heterocycles. The number of hydrogen-bond donors (Lipinski definition) is 4. The summed E-state index contributed by atoms with van der Waals surface area (Å²) >= 11 is 0. The molecule has 0 aromatic heterocycles. The summed E-state index contributed by atoms with van der Waals surface area (Å²) in [6, 6.07) is -2.68. The molecule has 2 heterocycles. The van der Waals surface area contributed by atoms with Crippen molar-refractivity contribution in [2.24, 2.45) is 11.8 Å². The van der Waals surface area contributed by atoms with Gasteiger partial charge in [-0.3, -0.25) is 14.4 Å². The fourth-order valence-electron chi connectivity index (χ4n) is 6.61. The Bertz CT molecular complexity index is 1010. The first-order valence-corrected chi connectivity index (χ1v) is 15.6. The zero-order valence-corrected chi connectivity index (χ0v) is 24.5. The Morgan fingerprint density at radius 1 is 1.05 bits per heavy atom. The lowest BCUT2D eigenvalue weighted by atomic mass is 9.83. The van der Waals surface area contributed by atoms with Crippen molar-refractivity contribution in [1.82, 2.24) is 26.2 Å². The molecule has 0 aromatic rings. The van der Waals surface area contributed by atoms with Crippen LogP contribution in [-0.4, -0.2) is 78.5 Å². The molecule has 11 nitrogen and oxygen atoms in total. The lowest BCUT2D eigenvalue weighted by Gasteiger charge is -2.32. The first-order chi connectivity index (χ1) is 19.8. The van der Waals surface area contributed by atoms with Crippen molar-refractivity contribution in [2.75, 3.05) is 20.2 Å². The van der Waals surface area contributed by atoms with Crippen LogP contribution in [0, 0.1) is 11.8 Å². The first kappa shape index (κ1) is 30.8. The normalized spacial score (nSPS) is 31.0. The second-order valence-electron chi connectivity index (χ2n) is 11.9. The number of nitrogens with one attached hydrogen (secondary N) is 4. The highest BCUT2D eigenvalue weighted by molar-refractivity contribution is 5.96. The summed E-state index contributed by atoms with van der Waals surface area (Å²) in [4.78, 5) is 67.6. The van der Waals surface area contributed by atoms with E-state index < -0.39 is 41.6 Å². The van der Waals surface area contributed by atoms with E-state index in [0.29, 0.717) is 32.2 Å². The van der Waals surface area contributed by atoms with Gasteiger partial charge >= 0.3 is 12.0 Å². The molecule has 4 N–H and O–H groups in total. The van der Waals surface area contributed by atoms with Gasteiger partial charge in [-0.1, -0.05) is 44.3 Å². The van der Waals surface area contributed by atoms with E-state index in [1.807, 2.05) is 12.2 Å². The van der Waals surface area contributed by atoms with Crippen molar-refractivity contribution in [3.63, 3.8) is 0 Å². The number of ether oxygens (including phenoxy) is 1. The predicted molar refractivity (Wildman–Crippen MR) is 152 cm³/mol. The number of rotatable bonds is 6. The van der Waals surface area contributed by atoms with Crippen LogP contribution in [0.15, 0.2) is 12.2 Å². The average Bonchev–Trinajstić information content (AvgIpc) is 3.43. The molecular formula is C30H47N5O6. The number of hydrogen-bond acceptors (Lipinski definition) is 6. The summed E-state index contributed by atoms with van der Waals surface area (Å²) in [6.07, 6.45) is 14.3. The molecule has 4 rings (SSSR count). The van der Waals surface area contributed by atoms with Crippen LogP contribution in [0.3, 0.4) is 0 Å². The molecule has 2 saturated carbocycles. The molecule has 4 aliphatic rings. The van der Waals surface area contributed by atoms with E-state index in [4.69, 9.17) is 4.74 Å². The maximum atomic E-state index is 13.6. The standard InChI is InChI=1S/C30H47N5O6/c1-3-41-28(39)30-19-21(30)15-10-5-4-6-11-16-22(32-26(37)23-17-12-18-35(23)29(40)34-30)25(36)33-24(27(38)31-2)20-13-8-7-9-14-20/h10,15,20-24H,3-9,11-14,16-19H2,1-2H3,(H,31,38)(H,32,37)(H,33,36)(H,34,40)/b15-10-/t21?,22-,23+,24-,30?/m0/s1. The van der Waals surface area contributed by atoms with Gasteiger partial charge in [-0.05, 0) is 64.2 Å². The molecule has 0 bridgehead atoms. The van der Waals surface area contributed by atoms with Crippen molar-refractivity contribution in [2.45, 2.75) is 114 Å². The maximum absolute atomic E-state index is 13.6. The van der Waals surface area contributed by atoms with Crippen molar-refractivity contribution >= 4 is 29.7 Å². The quantitative estimate of drug-likeness (QED) is 0.283. The van der Waals surface area contributed by atoms with Crippen LogP contribution in [0.4, 0.5) is 4.79 Å². The highest BCUT2D eigenvalue weighted by Crippen LogP contribution is 2.46. The zero-order chi connectivity index (χ0) is 29.4. The summed E-state index contributed by atoms with van der Waals surface area (Å²) in [5.41, 5.74) is -1.11. The molecule has 0 spiro atoms. The number of carbonyl (C=O) groups is 5. The summed E-state index contributed by atoms with van der Waals surface area (Å²) in [6.45, 7) is 2.33. The minimum absolute atomic E-state index is 0.0633. The predicted octanol–water partition coefficient (Wildman–Crippen LogP) is 2.30. The number of carbonyl (C=O) groups excluding carboxylic acids is 5. The molecule has 11 heteroatoms. The molecule has 1 saturated heterocycles. The van der Waals surface area contributed by atoms with Gasteiger partial charge in [0.15, 0.2) is 0 Å². The van der Waals surface area contributed by atoms with Crippen LogP contribution < -0.4 is 21.3 Å². The maximum Gasteiger partial charge on any atom is 0.332 e. The van der Waals surface area contributed by atoms with Crippen molar-refractivity contribution < 1.29 is 28.7 Å². The summed E-state index contributed by atoms with van der Waals surface area (Å²) in [7, 11) is 1.57. The number of likely N-dealkylation sites (N-methyl/N-ethyl adjacent to an activating group) is 1. The minimum atomic E-state index is -1.11. The topological polar surface area (TPSA) is 146 Å². The molecule has 5 atom stereocenters. The van der Waals surface area contributed by atoms with E-state index in [0.717, 1.165) is 57.8 Å². The summed E-state index contributed by atoms with van der Waals surface area (Å²) in [5.74, 6) is -1.51. The third-order valence-corrected chi connectivity index (χ3v) is 9.11. The van der Waals surface area contributed by atoms with E-state index in [1.54, 1.807) is 14.0 Å². The van der Waals surface area contributed by atoms with Gasteiger partial charge in [-0.15, -0.1) is 0 Å². The molecule has 5 amide bonds. The third-order valence-electron chi connectivity index (χ3n) is 9.11. The summed E-state index contributed by atoms with van der Waals surface area (Å²) in [5, 5.41) is 11.5. The molecule has 41 heavy (non-hydrogen) atoms. The third kappa shape index (κ3) is 7.40. The Morgan fingerprint density at radius 3 is 2.51 bits per heavy atom. The Hall–Kier alpha value is -3.11. The molecule has 2 unspecified atom stereocenters. The average molecular weight is 574 g/mol. The van der Waals surface area contributed by atoms with Gasteiger partial charge in [-0.25, -0.2) is 9.59 Å². The van der Waals surface area contributed by atoms with Crippen molar-refractivity contribution in [3.8, 4) is 0 Å². The van der Waals surface area contributed by atoms with Gasteiger partial charge < -0.3 is 30.9 Å². The van der Waals surface area contributed by atoms with Crippen LogP contribution in [0.2, 0.25) is 0 Å². The molecule has 228 valence electrons. The van der Waals surface area contributed by atoms with E-state index in [-0.39, 0.29) is 30.3 Å². The van der Waals surface area contributed by atoms with Crippen LogP contribution in [0.25, 0.3) is 0 Å². The van der Waals surface area contributed by atoms with E-state index >= 15 is 0 Å². The lowest BCUT2D eigenvalue weighted by Crippen LogP contribution is -2.59. The number of esters is 1. The van der Waals surface area contributed by atoms with E-state index in [9.17, 15) is 24.0 Å². The van der Waals surface area contributed by atoms with Crippen LogP contribution in [0.5, 0.6) is 0 Å². The Balaban J connectivity index is 1.50. The van der Waals surface area contributed by atoms with Crippen molar-refractivity contribution in [3.05, 3.63) is 12.2 Å². The number of amides is 5. The minimum Gasteiger partial charge on any atom is -0.464 e. The van der Waals surface area contributed by atoms with Crippen molar-refractivity contribution in [1.29, 1.82) is 0 Å². The number of allylic oxidation sites excluding steroid dienone is 1.